The molecule has 2 heterocycles. The van der Waals surface area contributed by atoms with Crippen LogP contribution in [0.5, 0.6) is 0 Å². The van der Waals surface area contributed by atoms with E-state index in [-0.39, 0.29) is 5.91 Å². The third-order valence-corrected chi connectivity index (χ3v) is 6.53. The predicted molar refractivity (Wildman–Crippen MR) is 131 cm³/mol. The number of rotatable bonds is 6. The van der Waals surface area contributed by atoms with Gasteiger partial charge in [-0.25, -0.2) is 0 Å². The summed E-state index contributed by atoms with van der Waals surface area (Å²) in [5.41, 5.74) is 4.30. The summed E-state index contributed by atoms with van der Waals surface area (Å²) >= 11 is 1.59. The van der Waals surface area contributed by atoms with Crippen LogP contribution in [0, 0.1) is 6.92 Å². The van der Waals surface area contributed by atoms with Crippen LogP contribution in [0.4, 0.5) is 11.5 Å². The van der Waals surface area contributed by atoms with Gasteiger partial charge in [-0.15, -0.1) is 0 Å². The quantitative estimate of drug-likeness (QED) is 0.562. The number of carbonyl (C=O) groups excluding carboxylic acids is 1. The van der Waals surface area contributed by atoms with E-state index in [1.165, 1.54) is 15.6 Å². The number of carbonyl (C=O) groups is 1. The van der Waals surface area contributed by atoms with Crippen molar-refractivity contribution < 1.29 is 4.79 Å². The van der Waals surface area contributed by atoms with E-state index >= 15 is 0 Å². The Bertz CT molecular complexity index is 1090. The van der Waals surface area contributed by atoms with Gasteiger partial charge in [-0.3, -0.25) is 9.69 Å². The molecule has 0 unspecified atom stereocenters. The van der Waals surface area contributed by atoms with Gasteiger partial charge >= 0.3 is 0 Å². The average molecular weight is 435 g/mol. The van der Waals surface area contributed by atoms with Crippen LogP contribution in [0.1, 0.15) is 25.0 Å². The first-order valence-electron chi connectivity index (χ1n) is 10.9. The highest BCUT2D eigenvalue weighted by molar-refractivity contribution is 7.13. The maximum atomic E-state index is 12.0. The molecule has 0 spiro atoms. The molecular weight excluding hydrogens is 404 g/mol. The van der Waals surface area contributed by atoms with Crippen molar-refractivity contribution in [2.24, 2.45) is 0 Å². The van der Waals surface area contributed by atoms with E-state index in [0.29, 0.717) is 0 Å². The first-order valence-corrected chi connectivity index (χ1v) is 11.6. The van der Waals surface area contributed by atoms with Gasteiger partial charge in [-0.05, 0) is 68.1 Å². The minimum absolute atomic E-state index is 0.0680. The first kappa shape index (κ1) is 21.5. The number of hydrogen-bond acceptors (Lipinski definition) is 5. The molecule has 1 aromatic heterocycles. The highest BCUT2D eigenvalue weighted by Crippen LogP contribution is 2.29. The van der Waals surface area contributed by atoms with Crippen LogP contribution in [-0.4, -0.2) is 47.9 Å². The summed E-state index contributed by atoms with van der Waals surface area (Å²) in [5.74, 6) is 1.07. The number of amides is 1. The van der Waals surface area contributed by atoms with Crippen LogP contribution in [-0.2, 0) is 11.2 Å². The minimum Gasteiger partial charge on any atom is -0.353 e. The van der Waals surface area contributed by atoms with E-state index < -0.39 is 0 Å². The fourth-order valence-corrected chi connectivity index (χ4v) is 4.82. The highest BCUT2D eigenvalue weighted by atomic mass is 32.1. The molecule has 1 N–H and O–H groups in total. The van der Waals surface area contributed by atoms with Crippen LogP contribution >= 0.6 is 11.5 Å². The van der Waals surface area contributed by atoms with Crippen molar-refractivity contribution in [2.45, 2.75) is 27.2 Å². The molecule has 0 atom stereocenters. The second-order valence-corrected chi connectivity index (χ2v) is 9.25. The maximum Gasteiger partial charge on any atom is 0.248 e. The van der Waals surface area contributed by atoms with Crippen molar-refractivity contribution in [1.82, 2.24) is 9.27 Å². The Morgan fingerprint density at radius 3 is 2.65 bits per heavy atom. The van der Waals surface area contributed by atoms with Gasteiger partial charge in [0.05, 0.1) is 4.70 Å². The van der Waals surface area contributed by atoms with Crippen LogP contribution in [0.2, 0.25) is 0 Å². The zero-order chi connectivity index (χ0) is 21.8. The Morgan fingerprint density at radius 1 is 1.13 bits per heavy atom. The monoisotopic (exact) mass is 434 g/mol. The number of nitrogens with one attached hydrogen (secondary N) is 1. The predicted octanol–water partition coefficient (Wildman–Crippen LogP) is 4.87. The van der Waals surface area contributed by atoms with E-state index in [1.54, 1.807) is 17.6 Å². The van der Waals surface area contributed by atoms with Gasteiger partial charge in [0.15, 0.2) is 0 Å². The molecule has 1 amide bonds. The number of anilines is 2. The van der Waals surface area contributed by atoms with Crippen molar-refractivity contribution in [3.63, 3.8) is 0 Å². The number of benzene rings is 2. The average Bonchev–Trinajstić information content (AvgIpc) is 3.18. The molecule has 1 saturated heterocycles. The standard InChI is InChI=1S/C25H30N4OS/c1-18(2)16-24(30)26-22-9-8-20(17-19(22)3)10-11-28-12-14-29(15-13-28)25-21-6-4-5-7-23(21)31-27-25/h4-9,16-17H,10-15H2,1-3H3,(H,26,30). The number of piperazine rings is 1. The second kappa shape index (κ2) is 9.62. The Kier molecular flexibility index (Phi) is 6.68. The molecule has 5 nitrogen and oxygen atoms in total. The zero-order valence-electron chi connectivity index (χ0n) is 18.5. The number of fused-ring (bicyclic) bond motifs is 1. The SMILES string of the molecule is CC(C)=CC(=O)Nc1ccc(CCN2CCN(c3nsc4ccccc34)CC2)cc1C. The normalized spacial score (nSPS) is 14.6. The summed E-state index contributed by atoms with van der Waals surface area (Å²) in [7, 11) is 0. The van der Waals surface area contributed by atoms with E-state index in [4.69, 9.17) is 4.37 Å². The first-order chi connectivity index (χ1) is 15.0. The Hall–Kier alpha value is -2.70. The van der Waals surface area contributed by atoms with Gasteiger partial charge in [0.2, 0.25) is 5.91 Å². The number of aryl methyl sites for hydroxylation is 1. The summed E-state index contributed by atoms with van der Waals surface area (Å²) in [6, 6.07) is 14.8. The molecule has 0 bridgehead atoms. The second-order valence-electron chi connectivity index (χ2n) is 8.44. The lowest BCUT2D eigenvalue weighted by Crippen LogP contribution is -2.47. The summed E-state index contributed by atoms with van der Waals surface area (Å²) in [6.07, 6.45) is 2.64. The number of aromatic nitrogens is 1. The molecule has 1 fully saturated rings. The molecule has 1 aliphatic rings. The molecule has 2 aromatic carbocycles. The summed E-state index contributed by atoms with van der Waals surface area (Å²) in [4.78, 5) is 16.9. The largest absolute Gasteiger partial charge is 0.353 e. The number of nitrogens with zero attached hydrogens (tertiary/aromatic N) is 3. The summed E-state index contributed by atoms with van der Waals surface area (Å²) in [5, 5.41) is 4.24. The van der Waals surface area contributed by atoms with Crippen LogP contribution < -0.4 is 10.2 Å². The Balaban J connectivity index is 1.29. The van der Waals surface area contributed by atoms with Gasteiger partial charge in [0.1, 0.15) is 5.82 Å². The fourth-order valence-electron chi connectivity index (χ4n) is 4.02. The lowest BCUT2D eigenvalue weighted by molar-refractivity contribution is -0.111. The zero-order valence-corrected chi connectivity index (χ0v) is 19.3. The van der Waals surface area contributed by atoms with E-state index in [2.05, 4.69) is 58.4 Å². The summed E-state index contributed by atoms with van der Waals surface area (Å²) < 4.78 is 5.97. The molecule has 162 valence electrons. The molecule has 0 radical (unpaired) electrons. The van der Waals surface area contributed by atoms with Gasteiger partial charge in [-0.1, -0.05) is 29.8 Å². The maximum absolute atomic E-state index is 12.0. The third kappa shape index (κ3) is 5.32. The molecule has 3 aromatic rings. The Morgan fingerprint density at radius 2 is 1.90 bits per heavy atom. The molecule has 1 aliphatic heterocycles. The molecular formula is C25H30N4OS. The number of allylic oxidation sites excluding steroid dienone is 1. The van der Waals surface area contributed by atoms with Gasteiger partial charge in [-0.2, -0.15) is 4.37 Å². The fraction of sp³-hybridized carbons (Fsp3) is 0.360. The van der Waals surface area contributed by atoms with Crippen molar-refractivity contribution >= 4 is 39.0 Å². The molecule has 31 heavy (non-hydrogen) atoms. The highest BCUT2D eigenvalue weighted by Gasteiger charge is 2.20. The Labute approximate surface area is 188 Å². The summed E-state index contributed by atoms with van der Waals surface area (Å²) in [6.45, 7) is 11.1. The van der Waals surface area contributed by atoms with Crippen LogP contribution in [0.25, 0.3) is 10.1 Å². The van der Waals surface area contributed by atoms with Gasteiger partial charge in [0.25, 0.3) is 0 Å². The minimum atomic E-state index is -0.0680. The van der Waals surface area contributed by atoms with E-state index in [9.17, 15) is 4.79 Å². The lowest BCUT2D eigenvalue weighted by Gasteiger charge is -2.35. The van der Waals surface area contributed by atoms with Crippen LogP contribution in [0.3, 0.4) is 0 Å². The van der Waals surface area contributed by atoms with Gasteiger partial charge in [0, 0.05) is 49.9 Å². The lowest BCUT2D eigenvalue weighted by atomic mass is 10.1. The molecule has 0 aliphatic carbocycles. The van der Waals surface area contributed by atoms with E-state index in [1.807, 2.05) is 19.9 Å². The van der Waals surface area contributed by atoms with Crippen molar-refractivity contribution in [3.05, 3.63) is 65.2 Å². The van der Waals surface area contributed by atoms with E-state index in [0.717, 1.165) is 61.8 Å². The topological polar surface area (TPSA) is 48.5 Å². The molecule has 6 heteroatoms. The van der Waals surface area contributed by atoms with Gasteiger partial charge < -0.3 is 10.2 Å². The van der Waals surface area contributed by atoms with Crippen molar-refractivity contribution in [3.8, 4) is 0 Å². The molecule has 4 rings (SSSR count). The number of hydrogen-bond donors (Lipinski definition) is 1. The van der Waals surface area contributed by atoms with Crippen molar-refractivity contribution in [2.75, 3.05) is 42.9 Å². The third-order valence-electron chi connectivity index (χ3n) is 5.72. The smallest absolute Gasteiger partial charge is 0.248 e. The van der Waals surface area contributed by atoms with Crippen LogP contribution in [0.15, 0.2) is 54.1 Å². The van der Waals surface area contributed by atoms with Crippen molar-refractivity contribution in [1.29, 1.82) is 0 Å². The molecule has 0 saturated carbocycles.